The molecule has 1 fully saturated rings. The first-order valence-corrected chi connectivity index (χ1v) is 6.52. The Kier molecular flexibility index (Phi) is 4.45. The number of rotatable bonds is 2. The molecule has 0 radical (unpaired) electrons. The van der Waals surface area contributed by atoms with Gasteiger partial charge in [-0.15, -0.1) is 0 Å². The molecule has 1 N–H and O–H groups in total. The van der Waals surface area contributed by atoms with Crippen LogP contribution in [0.2, 0.25) is 10.0 Å². The number of hydrogen-bond acceptors (Lipinski definition) is 3. The van der Waals surface area contributed by atoms with Crippen molar-refractivity contribution in [2.45, 2.75) is 0 Å². The molecule has 1 aromatic carbocycles. The number of benzene rings is 1. The fourth-order valence-corrected chi connectivity index (χ4v) is 2.40. The van der Waals surface area contributed by atoms with Crippen LogP contribution in [0.25, 0.3) is 0 Å². The maximum atomic E-state index is 12.1. The second kappa shape index (κ2) is 5.89. The Morgan fingerprint density at radius 2 is 1.72 bits per heavy atom. The molecule has 1 aliphatic rings. The van der Waals surface area contributed by atoms with Crippen LogP contribution in [0.15, 0.2) is 18.2 Å². The maximum absolute atomic E-state index is 12.1. The number of hydrogen-bond donors (Lipinski definition) is 1. The number of halogens is 2. The highest BCUT2D eigenvalue weighted by Gasteiger charge is 2.19. The van der Waals surface area contributed by atoms with Crippen LogP contribution in [0.1, 0.15) is 10.4 Å². The summed E-state index contributed by atoms with van der Waals surface area (Å²) < 4.78 is 0. The lowest BCUT2D eigenvalue weighted by Crippen LogP contribution is -2.52. The minimum absolute atomic E-state index is 0.254. The Bertz CT molecular complexity index is 425. The van der Waals surface area contributed by atoms with E-state index in [4.69, 9.17) is 23.2 Å². The third kappa shape index (κ3) is 3.14. The normalized spacial score (nSPS) is 17.7. The zero-order valence-corrected chi connectivity index (χ0v) is 11.6. The smallest absolute Gasteiger partial charge is 0.268 e. The summed E-state index contributed by atoms with van der Waals surface area (Å²) in [6.07, 6.45) is 0. The lowest BCUT2D eigenvalue weighted by molar-refractivity contribution is 0.0663. The molecule has 0 atom stereocenters. The van der Waals surface area contributed by atoms with Gasteiger partial charge < -0.3 is 4.90 Å². The Morgan fingerprint density at radius 1 is 1.17 bits per heavy atom. The average Bonchev–Trinajstić information content (AvgIpc) is 2.32. The molecule has 1 aliphatic heterocycles. The van der Waals surface area contributed by atoms with Crippen LogP contribution in [-0.4, -0.2) is 49.0 Å². The number of nitrogens with zero attached hydrogens (tertiary/aromatic N) is 2. The zero-order chi connectivity index (χ0) is 13.1. The minimum Gasteiger partial charge on any atom is -0.304 e. The lowest BCUT2D eigenvalue weighted by atomic mass is 10.2. The highest BCUT2D eigenvalue weighted by molar-refractivity contribution is 6.39. The largest absolute Gasteiger partial charge is 0.304 e. The Morgan fingerprint density at radius 3 is 2.28 bits per heavy atom. The average molecular weight is 288 g/mol. The van der Waals surface area contributed by atoms with Crippen LogP contribution in [0.3, 0.4) is 0 Å². The van der Waals surface area contributed by atoms with Gasteiger partial charge in [0.25, 0.3) is 5.91 Å². The van der Waals surface area contributed by atoms with Crippen molar-refractivity contribution in [2.75, 3.05) is 33.2 Å². The first-order chi connectivity index (χ1) is 8.58. The number of nitrogens with one attached hydrogen (secondary N) is 1. The van der Waals surface area contributed by atoms with Gasteiger partial charge in [-0.1, -0.05) is 29.3 Å². The number of piperazine rings is 1. The van der Waals surface area contributed by atoms with Crippen LogP contribution in [0, 0.1) is 0 Å². The molecular weight excluding hydrogens is 273 g/mol. The first-order valence-electron chi connectivity index (χ1n) is 5.76. The van der Waals surface area contributed by atoms with Gasteiger partial charge in [0.05, 0.1) is 15.6 Å². The van der Waals surface area contributed by atoms with E-state index in [2.05, 4.69) is 17.4 Å². The molecule has 6 heteroatoms. The monoisotopic (exact) mass is 287 g/mol. The molecule has 1 heterocycles. The number of likely N-dealkylation sites (N-methyl/N-ethyl adjacent to an activating group) is 1. The summed E-state index contributed by atoms with van der Waals surface area (Å²) in [5, 5.41) is 2.63. The molecule has 0 unspecified atom stereocenters. The van der Waals surface area contributed by atoms with E-state index in [0.717, 1.165) is 26.2 Å². The fraction of sp³-hybridized carbons (Fsp3) is 0.417. The van der Waals surface area contributed by atoms with Gasteiger partial charge in [0.15, 0.2) is 0 Å². The van der Waals surface area contributed by atoms with Crippen LogP contribution in [-0.2, 0) is 0 Å². The molecule has 1 aromatic rings. The first kappa shape index (κ1) is 13.6. The Labute approximate surface area is 116 Å². The molecule has 98 valence electrons. The van der Waals surface area contributed by atoms with E-state index >= 15 is 0 Å². The molecular formula is C12H15Cl2N3O. The van der Waals surface area contributed by atoms with Crippen LogP contribution in [0.5, 0.6) is 0 Å². The standard InChI is InChI=1S/C12H15Cl2N3O/c1-16-5-7-17(8-6-16)15-12(18)11-9(13)3-2-4-10(11)14/h2-4H,5-8H2,1H3,(H,15,18). The number of carbonyl (C=O) groups is 1. The van der Waals surface area contributed by atoms with E-state index in [-0.39, 0.29) is 5.91 Å². The molecule has 0 aliphatic carbocycles. The quantitative estimate of drug-likeness (QED) is 0.902. The van der Waals surface area contributed by atoms with Crippen molar-refractivity contribution < 1.29 is 4.79 Å². The summed E-state index contributed by atoms with van der Waals surface area (Å²) in [5.41, 5.74) is 3.17. The molecule has 0 bridgehead atoms. The lowest BCUT2D eigenvalue weighted by Gasteiger charge is -2.32. The second-order valence-electron chi connectivity index (χ2n) is 4.33. The SMILES string of the molecule is CN1CCN(NC(=O)c2c(Cl)cccc2Cl)CC1. The summed E-state index contributed by atoms with van der Waals surface area (Å²) in [6.45, 7) is 3.45. The van der Waals surface area contributed by atoms with E-state index < -0.39 is 0 Å². The van der Waals surface area contributed by atoms with Crippen molar-refractivity contribution >= 4 is 29.1 Å². The maximum Gasteiger partial charge on any atom is 0.268 e. The van der Waals surface area contributed by atoms with E-state index in [1.165, 1.54) is 0 Å². The summed E-state index contributed by atoms with van der Waals surface area (Å²) in [5.74, 6) is -0.254. The van der Waals surface area contributed by atoms with E-state index in [1.807, 2.05) is 5.01 Å². The fourth-order valence-electron chi connectivity index (χ4n) is 1.83. The van der Waals surface area contributed by atoms with Crippen LogP contribution >= 0.6 is 23.2 Å². The van der Waals surface area contributed by atoms with Gasteiger partial charge in [-0.05, 0) is 19.2 Å². The predicted molar refractivity (Wildman–Crippen MR) is 73.0 cm³/mol. The molecule has 0 saturated carbocycles. The molecule has 1 saturated heterocycles. The minimum atomic E-state index is -0.254. The Hall–Kier alpha value is -0.810. The Balaban J connectivity index is 2.04. The van der Waals surface area contributed by atoms with Crippen LogP contribution < -0.4 is 5.43 Å². The highest BCUT2D eigenvalue weighted by Crippen LogP contribution is 2.24. The van der Waals surface area contributed by atoms with Crippen LogP contribution in [0.4, 0.5) is 0 Å². The highest BCUT2D eigenvalue weighted by atomic mass is 35.5. The van der Waals surface area contributed by atoms with Gasteiger partial charge in [0.2, 0.25) is 0 Å². The zero-order valence-electron chi connectivity index (χ0n) is 10.1. The van der Waals surface area contributed by atoms with Crippen molar-refractivity contribution in [2.24, 2.45) is 0 Å². The van der Waals surface area contributed by atoms with Gasteiger partial charge in [-0.3, -0.25) is 10.2 Å². The third-order valence-corrected chi connectivity index (χ3v) is 3.58. The van der Waals surface area contributed by atoms with E-state index in [9.17, 15) is 4.79 Å². The van der Waals surface area contributed by atoms with Gasteiger partial charge in [-0.2, -0.15) is 0 Å². The van der Waals surface area contributed by atoms with E-state index in [0.29, 0.717) is 15.6 Å². The molecule has 0 spiro atoms. The van der Waals surface area contributed by atoms with Gasteiger partial charge >= 0.3 is 0 Å². The molecule has 4 nitrogen and oxygen atoms in total. The number of carbonyl (C=O) groups excluding carboxylic acids is 1. The molecule has 2 rings (SSSR count). The van der Waals surface area contributed by atoms with Crippen molar-refractivity contribution in [3.8, 4) is 0 Å². The van der Waals surface area contributed by atoms with Gasteiger partial charge in [0, 0.05) is 26.2 Å². The second-order valence-corrected chi connectivity index (χ2v) is 5.14. The van der Waals surface area contributed by atoms with E-state index in [1.54, 1.807) is 18.2 Å². The summed E-state index contributed by atoms with van der Waals surface area (Å²) in [7, 11) is 2.06. The summed E-state index contributed by atoms with van der Waals surface area (Å²) in [6, 6.07) is 5.04. The summed E-state index contributed by atoms with van der Waals surface area (Å²) >= 11 is 12.0. The number of amides is 1. The third-order valence-electron chi connectivity index (χ3n) is 2.95. The van der Waals surface area contributed by atoms with Crippen molar-refractivity contribution in [1.82, 2.24) is 15.3 Å². The predicted octanol–water partition coefficient (Wildman–Crippen LogP) is 1.89. The summed E-state index contributed by atoms with van der Waals surface area (Å²) in [4.78, 5) is 14.3. The molecule has 18 heavy (non-hydrogen) atoms. The van der Waals surface area contributed by atoms with Gasteiger partial charge in [-0.25, -0.2) is 5.01 Å². The van der Waals surface area contributed by atoms with Gasteiger partial charge in [0.1, 0.15) is 0 Å². The van der Waals surface area contributed by atoms with Crippen molar-refractivity contribution in [3.05, 3.63) is 33.8 Å². The molecule has 1 amide bonds. The van der Waals surface area contributed by atoms with Crippen molar-refractivity contribution in [1.29, 1.82) is 0 Å². The topological polar surface area (TPSA) is 35.6 Å². The van der Waals surface area contributed by atoms with Crippen molar-refractivity contribution in [3.63, 3.8) is 0 Å². The molecule has 0 aromatic heterocycles. The number of hydrazine groups is 1.